The van der Waals surface area contributed by atoms with Gasteiger partial charge >= 0.3 is 11.9 Å². The van der Waals surface area contributed by atoms with Gasteiger partial charge in [-0.25, -0.2) is 9.78 Å². The van der Waals surface area contributed by atoms with Crippen molar-refractivity contribution < 1.29 is 28.6 Å². The molecule has 0 bridgehead atoms. The molecule has 4 aromatic rings. The molecule has 1 aliphatic heterocycles. The predicted molar refractivity (Wildman–Crippen MR) is 182 cm³/mol. The van der Waals surface area contributed by atoms with Crippen LogP contribution in [0.1, 0.15) is 98.5 Å². The quantitative estimate of drug-likeness (QED) is 0.177. The lowest BCUT2D eigenvalue weighted by Gasteiger charge is -2.40. The van der Waals surface area contributed by atoms with Crippen molar-refractivity contribution in [1.82, 2.24) is 19.9 Å². The van der Waals surface area contributed by atoms with Crippen LogP contribution in [0.5, 0.6) is 5.75 Å². The Kier molecular flexibility index (Phi) is 10.0. The van der Waals surface area contributed by atoms with Crippen molar-refractivity contribution >= 4 is 29.2 Å². The molecule has 1 aliphatic rings. The zero-order valence-corrected chi connectivity index (χ0v) is 29.2. The standard InChI is InChI=1S/C37H42N4O6S/c1-35(2,3)27-14-13-25(19-29(27)45-7)33(43)41-31(32-40-17-18-48-32)26(28-22-38-15-16-39-28)20-37(41,34(44)47-36(4,5)6)21-30(42)46-23-24-11-9-8-10-12-24/h8-19,22,26,31H,20-21,23H2,1-7H3/t26-,31-,37-/m1/s1. The number of nitrogens with zero attached hydrogens (tertiary/aromatic N) is 4. The number of likely N-dealkylation sites (tertiary alicyclic amines) is 1. The van der Waals surface area contributed by atoms with Crippen molar-refractivity contribution in [3.63, 3.8) is 0 Å². The Morgan fingerprint density at radius 3 is 2.33 bits per heavy atom. The Labute approximate surface area is 285 Å². The van der Waals surface area contributed by atoms with E-state index in [1.807, 2.05) is 41.8 Å². The largest absolute Gasteiger partial charge is 0.496 e. The number of rotatable bonds is 9. The number of ether oxygens (including phenoxy) is 3. The summed E-state index contributed by atoms with van der Waals surface area (Å²) in [6.45, 7) is 11.4. The maximum Gasteiger partial charge on any atom is 0.333 e. The number of esters is 2. The minimum Gasteiger partial charge on any atom is -0.496 e. The van der Waals surface area contributed by atoms with E-state index in [4.69, 9.17) is 14.2 Å². The zero-order chi connectivity index (χ0) is 34.7. The number of amides is 1. The molecule has 0 N–H and O–H groups in total. The molecule has 0 aliphatic carbocycles. The van der Waals surface area contributed by atoms with Gasteiger partial charge in [0.1, 0.15) is 23.0 Å². The molecule has 1 amide bonds. The van der Waals surface area contributed by atoms with Gasteiger partial charge in [-0.1, -0.05) is 57.2 Å². The van der Waals surface area contributed by atoms with Crippen molar-refractivity contribution in [2.24, 2.45) is 0 Å². The Hall–Kier alpha value is -4.64. The van der Waals surface area contributed by atoms with Crippen LogP contribution in [0.25, 0.3) is 0 Å². The second-order valence-corrected chi connectivity index (χ2v) is 14.9. The molecule has 0 saturated carbocycles. The topological polar surface area (TPSA) is 121 Å². The molecule has 252 valence electrons. The van der Waals surface area contributed by atoms with Crippen molar-refractivity contribution in [3.8, 4) is 5.75 Å². The molecule has 5 rings (SSSR count). The Morgan fingerprint density at radius 1 is 0.979 bits per heavy atom. The predicted octanol–water partition coefficient (Wildman–Crippen LogP) is 6.82. The number of carbonyl (C=O) groups is 3. The fourth-order valence-corrected chi connectivity index (χ4v) is 6.96. The van der Waals surface area contributed by atoms with E-state index >= 15 is 4.79 Å². The number of thiazole rings is 1. The highest BCUT2D eigenvalue weighted by Gasteiger charge is 2.62. The van der Waals surface area contributed by atoms with E-state index in [0.717, 1.165) is 11.1 Å². The minimum atomic E-state index is -1.79. The first kappa shape index (κ1) is 34.7. The number of hydrogen-bond acceptors (Lipinski definition) is 10. The molecule has 3 heterocycles. The van der Waals surface area contributed by atoms with Crippen LogP contribution in [0, 0.1) is 0 Å². The fraction of sp³-hybridized carbons (Fsp3) is 0.405. The highest BCUT2D eigenvalue weighted by atomic mass is 32.1. The van der Waals surface area contributed by atoms with E-state index in [0.29, 0.717) is 16.5 Å². The number of benzene rings is 2. The van der Waals surface area contributed by atoms with Gasteiger partial charge in [0.15, 0.2) is 5.54 Å². The Balaban J connectivity index is 1.69. The SMILES string of the molecule is COc1cc(C(=O)N2[C@@H](c3nccs3)[C@@H](c3cnccn3)C[C@@]2(CC(=O)OCc2ccccc2)C(=O)OC(C)(C)C)ccc1C(C)(C)C. The fourth-order valence-electron chi connectivity index (χ4n) is 6.17. The van der Waals surface area contributed by atoms with Crippen molar-refractivity contribution in [2.45, 2.75) is 89.5 Å². The summed E-state index contributed by atoms with van der Waals surface area (Å²) in [5.74, 6) is -1.87. The lowest BCUT2D eigenvalue weighted by atomic mass is 9.85. The second-order valence-electron chi connectivity index (χ2n) is 14.0. The average Bonchev–Trinajstić information content (AvgIpc) is 3.70. The summed E-state index contributed by atoms with van der Waals surface area (Å²) in [5.41, 5.74) is -0.423. The van der Waals surface area contributed by atoms with Gasteiger partial charge in [-0.2, -0.15) is 0 Å². The van der Waals surface area contributed by atoms with Crippen molar-refractivity contribution in [2.75, 3.05) is 7.11 Å². The molecule has 0 spiro atoms. The first-order valence-electron chi connectivity index (χ1n) is 15.8. The third-order valence-electron chi connectivity index (χ3n) is 8.28. The van der Waals surface area contributed by atoms with Crippen LogP contribution >= 0.6 is 11.3 Å². The van der Waals surface area contributed by atoms with E-state index in [1.54, 1.807) is 64.8 Å². The van der Waals surface area contributed by atoms with E-state index < -0.39 is 47.4 Å². The molecule has 1 fully saturated rings. The van der Waals surface area contributed by atoms with Gasteiger partial charge in [-0.3, -0.25) is 19.6 Å². The van der Waals surface area contributed by atoms with E-state index in [-0.39, 0.29) is 24.0 Å². The Bertz CT molecular complexity index is 1740. The summed E-state index contributed by atoms with van der Waals surface area (Å²) in [5, 5.41) is 2.40. The molecular weight excluding hydrogens is 628 g/mol. The normalized spacial score (nSPS) is 19.5. The molecule has 0 unspecified atom stereocenters. The summed E-state index contributed by atoms with van der Waals surface area (Å²) in [6.07, 6.45) is 5.97. The second kappa shape index (κ2) is 13.8. The maximum absolute atomic E-state index is 15.1. The van der Waals surface area contributed by atoms with Gasteiger partial charge < -0.3 is 19.1 Å². The molecule has 3 atom stereocenters. The van der Waals surface area contributed by atoms with Gasteiger partial charge in [0.25, 0.3) is 5.91 Å². The molecular formula is C37H42N4O6S. The third kappa shape index (κ3) is 7.41. The van der Waals surface area contributed by atoms with Crippen LogP contribution in [0.4, 0.5) is 0 Å². The number of carbonyl (C=O) groups excluding carboxylic acids is 3. The highest BCUT2D eigenvalue weighted by molar-refractivity contribution is 7.09. The number of aromatic nitrogens is 3. The molecule has 10 nitrogen and oxygen atoms in total. The summed E-state index contributed by atoms with van der Waals surface area (Å²) >= 11 is 1.35. The van der Waals surface area contributed by atoms with E-state index in [2.05, 4.69) is 35.7 Å². The van der Waals surface area contributed by atoms with Gasteiger partial charge in [0.05, 0.1) is 25.3 Å². The zero-order valence-electron chi connectivity index (χ0n) is 28.4. The highest BCUT2D eigenvalue weighted by Crippen LogP contribution is 2.54. The van der Waals surface area contributed by atoms with Crippen molar-refractivity contribution in [3.05, 3.63) is 106 Å². The lowest BCUT2D eigenvalue weighted by Crippen LogP contribution is -2.57. The number of hydrogen-bond donors (Lipinski definition) is 0. The minimum absolute atomic E-state index is 0.00693. The molecule has 2 aromatic carbocycles. The summed E-state index contributed by atoms with van der Waals surface area (Å²) in [6, 6.07) is 13.8. The first-order valence-corrected chi connectivity index (χ1v) is 16.7. The van der Waals surface area contributed by atoms with Crippen LogP contribution in [0.3, 0.4) is 0 Å². The van der Waals surface area contributed by atoms with Crippen LogP contribution in [-0.2, 0) is 31.1 Å². The molecule has 48 heavy (non-hydrogen) atoms. The lowest BCUT2D eigenvalue weighted by molar-refractivity contribution is -0.172. The van der Waals surface area contributed by atoms with Crippen LogP contribution in [0.2, 0.25) is 0 Å². The smallest absolute Gasteiger partial charge is 0.333 e. The summed E-state index contributed by atoms with van der Waals surface area (Å²) < 4.78 is 17.5. The summed E-state index contributed by atoms with van der Waals surface area (Å²) in [4.78, 5) is 58.5. The summed E-state index contributed by atoms with van der Waals surface area (Å²) in [7, 11) is 1.56. The molecule has 2 aromatic heterocycles. The van der Waals surface area contributed by atoms with Gasteiger partial charge in [0.2, 0.25) is 0 Å². The molecule has 1 saturated heterocycles. The van der Waals surface area contributed by atoms with Crippen LogP contribution in [0.15, 0.2) is 78.7 Å². The van der Waals surface area contributed by atoms with Crippen LogP contribution in [-0.4, -0.2) is 55.9 Å². The van der Waals surface area contributed by atoms with Crippen molar-refractivity contribution in [1.29, 1.82) is 0 Å². The maximum atomic E-state index is 15.1. The molecule has 11 heteroatoms. The van der Waals surface area contributed by atoms with Gasteiger partial charge in [-0.05, 0) is 55.9 Å². The van der Waals surface area contributed by atoms with Crippen LogP contribution < -0.4 is 4.74 Å². The average molecular weight is 671 g/mol. The monoisotopic (exact) mass is 670 g/mol. The molecule has 0 radical (unpaired) electrons. The third-order valence-corrected chi connectivity index (χ3v) is 9.13. The first-order chi connectivity index (χ1) is 22.7. The van der Waals surface area contributed by atoms with Gasteiger partial charge in [0, 0.05) is 41.6 Å². The number of methoxy groups -OCH3 is 1. The van der Waals surface area contributed by atoms with E-state index in [1.165, 1.54) is 16.2 Å². The van der Waals surface area contributed by atoms with Gasteiger partial charge in [-0.15, -0.1) is 11.3 Å². The van der Waals surface area contributed by atoms with E-state index in [9.17, 15) is 9.59 Å². The Morgan fingerprint density at radius 2 is 1.73 bits per heavy atom.